The van der Waals surface area contributed by atoms with E-state index in [4.69, 9.17) is 5.73 Å². The van der Waals surface area contributed by atoms with Gasteiger partial charge in [-0.05, 0) is 55.9 Å². The average molecular weight is 295 g/mol. The monoisotopic (exact) mass is 294 g/mol. The summed E-state index contributed by atoms with van der Waals surface area (Å²) in [6.07, 6.45) is 3.92. The van der Waals surface area contributed by atoms with Crippen LogP contribution in [-0.4, -0.2) is 24.5 Å². The summed E-state index contributed by atoms with van der Waals surface area (Å²) < 4.78 is 0. The molecule has 1 aromatic rings. The van der Waals surface area contributed by atoms with Gasteiger partial charge >= 0.3 is 0 Å². The minimum Gasteiger partial charge on any atom is -0.330 e. The third-order valence-electron chi connectivity index (χ3n) is 4.48. The van der Waals surface area contributed by atoms with Crippen LogP contribution in [0.5, 0.6) is 0 Å². The summed E-state index contributed by atoms with van der Waals surface area (Å²) in [5.41, 5.74) is 6.34. The van der Waals surface area contributed by atoms with Gasteiger partial charge in [-0.2, -0.15) is 0 Å². The van der Waals surface area contributed by atoms with Gasteiger partial charge in [-0.25, -0.2) is 0 Å². The Morgan fingerprint density at radius 1 is 1.30 bits per heavy atom. The maximum absolute atomic E-state index is 6.09. The molecule has 0 saturated carbocycles. The summed E-state index contributed by atoms with van der Waals surface area (Å²) in [4.78, 5) is 5.65. The molecule has 3 heteroatoms. The number of hydrogen-bond acceptors (Lipinski definition) is 3. The van der Waals surface area contributed by atoms with Crippen molar-refractivity contribution in [1.82, 2.24) is 4.90 Å². The largest absolute Gasteiger partial charge is 0.330 e. The topological polar surface area (TPSA) is 29.3 Å². The molecule has 1 aliphatic rings. The maximum Gasteiger partial charge on any atom is 0.0481 e. The van der Waals surface area contributed by atoms with Gasteiger partial charge < -0.3 is 5.73 Å². The zero-order valence-corrected chi connectivity index (χ0v) is 14.3. The molecule has 0 spiro atoms. The molecule has 0 bridgehead atoms. The van der Waals surface area contributed by atoms with Gasteiger partial charge in [0.1, 0.15) is 0 Å². The highest BCUT2D eigenvalue weighted by Gasteiger charge is 2.31. The van der Waals surface area contributed by atoms with Crippen molar-refractivity contribution < 1.29 is 0 Å². The predicted octanol–water partition coefficient (Wildman–Crippen LogP) is 4.17. The van der Waals surface area contributed by atoms with Crippen LogP contribution in [0.15, 0.2) is 12.1 Å². The number of nitrogens with two attached hydrogens (primary N) is 1. The Morgan fingerprint density at radius 2 is 2.05 bits per heavy atom. The van der Waals surface area contributed by atoms with E-state index in [2.05, 4.69) is 44.7 Å². The first-order valence-electron chi connectivity index (χ1n) is 8.01. The third kappa shape index (κ3) is 3.44. The van der Waals surface area contributed by atoms with Gasteiger partial charge in [0.15, 0.2) is 0 Å². The molecule has 114 valence electrons. The van der Waals surface area contributed by atoms with Crippen molar-refractivity contribution in [2.24, 2.45) is 11.7 Å². The van der Waals surface area contributed by atoms with E-state index in [0.717, 1.165) is 13.1 Å². The highest BCUT2D eigenvalue weighted by atomic mass is 32.1. The molecule has 2 rings (SSSR count). The van der Waals surface area contributed by atoms with Crippen molar-refractivity contribution in [3.8, 4) is 0 Å². The molecule has 20 heavy (non-hydrogen) atoms. The van der Waals surface area contributed by atoms with Crippen molar-refractivity contribution in [2.75, 3.05) is 19.6 Å². The highest BCUT2D eigenvalue weighted by molar-refractivity contribution is 7.12. The Bertz CT molecular complexity index is 405. The lowest BCUT2D eigenvalue weighted by molar-refractivity contribution is 0.169. The lowest BCUT2D eigenvalue weighted by atomic mass is 9.93. The summed E-state index contributed by atoms with van der Waals surface area (Å²) in [7, 11) is 0. The molecule has 2 unspecified atom stereocenters. The number of likely N-dealkylation sites (tertiary alicyclic amines) is 1. The standard InChI is InChI=1S/C17H30N2S/c1-5-19-11-7-6-8-13(12-18)16(19)14-9-10-15(20-14)17(2,3)4/h9-10,13,16H,5-8,11-12,18H2,1-4H3. The molecule has 2 heterocycles. The molecule has 2 atom stereocenters. The van der Waals surface area contributed by atoms with Crippen LogP contribution >= 0.6 is 11.3 Å². The van der Waals surface area contributed by atoms with Crippen LogP contribution < -0.4 is 5.73 Å². The second-order valence-corrected chi connectivity index (χ2v) is 8.13. The van der Waals surface area contributed by atoms with Gasteiger partial charge in [-0.1, -0.05) is 34.1 Å². The molecule has 0 amide bonds. The lowest BCUT2D eigenvalue weighted by Gasteiger charge is -2.33. The average Bonchev–Trinajstić information content (AvgIpc) is 2.79. The van der Waals surface area contributed by atoms with Crippen LogP contribution in [0.2, 0.25) is 0 Å². The van der Waals surface area contributed by atoms with E-state index in [1.807, 2.05) is 11.3 Å². The van der Waals surface area contributed by atoms with E-state index in [1.165, 1.54) is 35.6 Å². The van der Waals surface area contributed by atoms with Gasteiger partial charge in [0, 0.05) is 15.8 Å². The molecule has 0 aliphatic carbocycles. The van der Waals surface area contributed by atoms with Crippen LogP contribution in [0.1, 0.15) is 62.8 Å². The molecular weight excluding hydrogens is 264 g/mol. The molecule has 2 N–H and O–H groups in total. The molecule has 1 fully saturated rings. The smallest absolute Gasteiger partial charge is 0.0481 e. The maximum atomic E-state index is 6.09. The molecule has 2 nitrogen and oxygen atoms in total. The van der Waals surface area contributed by atoms with Crippen LogP contribution in [0.25, 0.3) is 0 Å². The van der Waals surface area contributed by atoms with Gasteiger partial charge in [0.05, 0.1) is 0 Å². The Labute approximate surface area is 128 Å². The molecule has 1 saturated heterocycles. The Balaban J connectivity index is 2.31. The Morgan fingerprint density at radius 3 is 2.60 bits per heavy atom. The second-order valence-electron chi connectivity index (χ2n) is 7.02. The first-order chi connectivity index (χ1) is 9.47. The van der Waals surface area contributed by atoms with Crippen LogP contribution in [-0.2, 0) is 5.41 Å². The van der Waals surface area contributed by atoms with Crippen LogP contribution in [0.3, 0.4) is 0 Å². The Kier molecular flexibility index (Phi) is 5.27. The zero-order valence-electron chi connectivity index (χ0n) is 13.5. The van der Waals surface area contributed by atoms with Gasteiger partial charge in [-0.3, -0.25) is 4.90 Å². The van der Waals surface area contributed by atoms with Gasteiger partial charge in [0.25, 0.3) is 0 Å². The summed E-state index contributed by atoms with van der Waals surface area (Å²) in [5.74, 6) is 0.615. The first kappa shape index (κ1) is 16.0. The SMILES string of the molecule is CCN1CCCCC(CN)C1c1ccc(C(C)(C)C)s1. The number of nitrogens with zero attached hydrogens (tertiary/aromatic N) is 1. The van der Waals surface area contributed by atoms with E-state index in [0.29, 0.717) is 12.0 Å². The summed E-state index contributed by atoms with van der Waals surface area (Å²) in [5, 5.41) is 0. The van der Waals surface area contributed by atoms with Crippen LogP contribution in [0.4, 0.5) is 0 Å². The zero-order chi connectivity index (χ0) is 14.8. The van der Waals surface area contributed by atoms with Crippen molar-refractivity contribution in [2.45, 2.75) is 58.4 Å². The molecule has 0 radical (unpaired) electrons. The van der Waals surface area contributed by atoms with E-state index >= 15 is 0 Å². The fourth-order valence-corrected chi connectivity index (χ4v) is 4.54. The van der Waals surface area contributed by atoms with E-state index in [-0.39, 0.29) is 5.41 Å². The summed E-state index contributed by atoms with van der Waals surface area (Å²) in [6.45, 7) is 12.3. The van der Waals surface area contributed by atoms with E-state index in [9.17, 15) is 0 Å². The number of hydrogen-bond donors (Lipinski definition) is 1. The Hall–Kier alpha value is -0.380. The fourth-order valence-electron chi connectivity index (χ4n) is 3.25. The normalized spacial score (nSPS) is 25.6. The van der Waals surface area contributed by atoms with Crippen LogP contribution in [0, 0.1) is 5.92 Å². The van der Waals surface area contributed by atoms with Gasteiger partial charge in [0.2, 0.25) is 0 Å². The number of rotatable bonds is 3. The molecule has 1 aliphatic heterocycles. The second kappa shape index (κ2) is 6.59. The van der Waals surface area contributed by atoms with Crippen molar-refractivity contribution >= 4 is 11.3 Å². The molecule has 1 aromatic heterocycles. The minimum absolute atomic E-state index is 0.253. The van der Waals surface area contributed by atoms with E-state index in [1.54, 1.807) is 0 Å². The number of thiophene rings is 1. The fraction of sp³-hybridized carbons (Fsp3) is 0.765. The van der Waals surface area contributed by atoms with Crippen molar-refractivity contribution in [3.05, 3.63) is 21.9 Å². The molecular formula is C17H30N2S. The third-order valence-corrected chi connectivity index (χ3v) is 6.06. The van der Waals surface area contributed by atoms with Gasteiger partial charge in [-0.15, -0.1) is 11.3 Å². The quantitative estimate of drug-likeness (QED) is 0.906. The predicted molar refractivity (Wildman–Crippen MR) is 89.4 cm³/mol. The minimum atomic E-state index is 0.253. The highest BCUT2D eigenvalue weighted by Crippen LogP contribution is 2.40. The summed E-state index contributed by atoms with van der Waals surface area (Å²) in [6, 6.07) is 5.22. The van der Waals surface area contributed by atoms with Crippen molar-refractivity contribution in [1.29, 1.82) is 0 Å². The first-order valence-corrected chi connectivity index (χ1v) is 8.83. The van der Waals surface area contributed by atoms with E-state index < -0.39 is 0 Å². The van der Waals surface area contributed by atoms with Crippen molar-refractivity contribution in [3.63, 3.8) is 0 Å². The molecule has 0 aromatic carbocycles. The summed E-state index contributed by atoms with van der Waals surface area (Å²) >= 11 is 2.00. The lowest BCUT2D eigenvalue weighted by Crippen LogP contribution is -2.35.